The zero-order valence-corrected chi connectivity index (χ0v) is 13.3. The van der Waals surface area contributed by atoms with Crippen LogP contribution in [0.2, 0.25) is 0 Å². The summed E-state index contributed by atoms with van der Waals surface area (Å²) >= 11 is 0. The number of para-hydroxylation sites is 1. The molecule has 0 atom stereocenters. The van der Waals surface area contributed by atoms with E-state index >= 15 is 0 Å². The van der Waals surface area contributed by atoms with Gasteiger partial charge in [-0.2, -0.15) is 0 Å². The Labute approximate surface area is 128 Å². The molecule has 4 heteroatoms. The first-order chi connectivity index (χ1) is 10.2. The van der Waals surface area contributed by atoms with E-state index in [0.29, 0.717) is 18.9 Å². The molecule has 1 aliphatic heterocycles. The van der Waals surface area contributed by atoms with Crippen molar-refractivity contribution < 1.29 is 9.84 Å². The summed E-state index contributed by atoms with van der Waals surface area (Å²) in [6.07, 6.45) is 2.54. The molecule has 1 aromatic rings. The highest BCUT2D eigenvalue weighted by Gasteiger charge is 2.17. The van der Waals surface area contributed by atoms with Gasteiger partial charge >= 0.3 is 0 Å². The maximum atomic E-state index is 10.2. The molecule has 0 saturated carbocycles. The third kappa shape index (κ3) is 4.61. The van der Waals surface area contributed by atoms with Crippen LogP contribution in [0.1, 0.15) is 32.3 Å². The largest absolute Gasteiger partial charge is 0.504 e. The third-order valence-electron chi connectivity index (χ3n) is 4.29. The Bertz CT molecular complexity index is 429. The summed E-state index contributed by atoms with van der Waals surface area (Å²) in [5.74, 6) is 1.60. The molecule has 1 aromatic carbocycles. The predicted molar refractivity (Wildman–Crippen MR) is 85.8 cm³/mol. The Morgan fingerprint density at radius 1 is 1.29 bits per heavy atom. The minimum atomic E-state index is 0.271. The average molecular weight is 292 g/mol. The molecule has 2 N–H and O–H groups in total. The highest BCUT2D eigenvalue weighted by Crippen LogP contribution is 2.29. The highest BCUT2D eigenvalue weighted by atomic mass is 16.5. The zero-order chi connectivity index (χ0) is 15.1. The van der Waals surface area contributed by atoms with E-state index in [4.69, 9.17) is 4.74 Å². The van der Waals surface area contributed by atoms with Gasteiger partial charge in [-0.15, -0.1) is 0 Å². The molecule has 1 fully saturated rings. The van der Waals surface area contributed by atoms with Crippen LogP contribution < -0.4 is 10.1 Å². The van der Waals surface area contributed by atoms with Gasteiger partial charge in [-0.1, -0.05) is 19.1 Å². The number of hydrogen-bond acceptors (Lipinski definition) is 4. The lowest BCUT2D eigenvalue weighted by Crippen LogP contribution is -2.36. The molecule has 1 saturated heterocycles. The van der Waals surface area contributed by atoms with E-state index in [1.54, 1.807) is 0 Å². The number of nitrogens with one attached hydrogen (secondary N) is 1. The molecule has 21 heavy (non-hydrogen) atoms. The standard InChI is InChI=1S/C17H28N2O2/c1-3-19-10-8-14(9-11-19)12-18-13-15-6-5-7-16(17(15)20)21-4-2/h5-7,14,18,20H,3-4,8-13H2,1-2H3. The molecule has 0 radical (unpaired) electrons. The van der Waals surface area contributed by atoms with Crippen molar-refractivity contribution in [1.29, 1.82) is 0 Å². The van der Waals surface area contributed by atoms with Gasteiger partial charge in [0, 0.05) is 12.1 Å². The molecular weight excluding hydrogens is 264 g/mol. The molecule has 1 aliphatic rings. The Kier molecular flexibility index (Phi) is 6.33. The molecule has 4 nitrogen and oxygen atoms in total. The highest BCUT2D eigenvalue weighted by molar-refractivity contribution is 5.45. The van der Waals surface area contributed by atoms with Crippen molar-refractivity contribution in [3.63, 3.8) is 0 Å². The van der Waals surface area contributed by atoms with Crippen LogP contribution in [0, 0.1) is 5.92 Å². The lowest BCUT2D eigenvalue weighted by Gasteiger charge is -2.31. The lowest BCUT2D eigenvalue weighted by atomic mass is 9.97. The van der Waals surface area contributed by atoms with Crippen LogP contribution in [0.4, 0.5) is 0 Å². The second-order valence-electron chi connectivity index (χ2n) is 5.71. The molecule has 0 unspecified atom stereocenters. The zero-order valence-electron chi connectivity index (χ0n) is 13.3. The Morgan fingerprint density at radius 3 is 2.71 bits per heavy atom. The van der Waals surface area contributed by atoms with E-state index in [0.717, 1.165) is 24.6 Å². The predicted octanol–water partition coefficient (Wildman–Crippen LogP) is 2.61. The Hall–Kier alpha value is -1.26. The minimum absolute atomic E-state index is 0.271. The van der Waals surface area contributed by atoms with E-state index in [-0.39, 0.29) is 5.75 Å². The smallest absolute Gasteiger partial charge is 0.162 e. The van der Waals surface area contributed by atoms with Crippen LogP contribution >= 0.6 is 0 Å². The summed E-state index contributed by atoms with van der Waals surface area (Å²) < 4.78 is 5.41. The van der Waals surface area contributed by atoms with Crippen LogP contribution in [0.3, 0.4) is 0 Å². The van der Waals surface area contributed by atoms with E-state index < -0.39 is 0 Å². The first-order valence-electron chi connectivity index (χ1n) is 8.11. The number of phenols is 1. The SMILES string of the molecule is CCOc1cccc(CNCC2CCN(CC)CC2)c1O. The summed E-state index contributed by atoms with van der Waals surface area (Å²) in [6, 6.07) is 5.69. The third-order valence-corrected chi connectivity index (χ3v) is 4.29. The van der Waals surface area contributed by atoms with E-state index in [1.807, 2.05) is 25.1 Å². The topological polar surface area (TPSA) is 44.7 Å². The van der Waals surface area contributed by atoms with Gasteiger partial charge in [-0.25, -0.2) is 0 Å². The van der Waals surface area contributed by atoms with Gasteiger partial charge in [0.15, 0.2) is 11.5 Å². The van der Waals surface area contributed by atoms with Gasteiger partial charge in [-0.05, 0) is 57.9 Å². The fourth-order valence-corrected chi connectivity index (χ4v) is 2.90. The van der Waals surface area contributed by atoms with Gasteiger partial charge in [0.25, 0.3) is 0 Å². The number of benzene rings is 1. The van der Waals surface area contributed by atoms with E-state index in [1.165, 1.54) is 25.9 Å². The summed E-state index contributed by atoms with van der Waals surface area (Å²) in [7, 11) is 0. The van der Waals surface area contributed by atoms with Crippen molar-refractivity contribution in [1.82, 2.24) is 10.2 Å². The van der Waals surface area contributed by atoms with Gasteiger partial charge in [0.1, 0.15) is 0 Å². The molecule has 0 spiro atoms. The summed E-state index contributed by atoms with van der Waals surface area (Å²) in [5.41, 5.74) is 0.909. The average Bonchev–Trinajstić information content (AvgIpc) is 2.52. The van der Waals surface area contributed by atoms with Crippen molar-refractivity contribution >= 4 is 0 Å². The molecule has 118 valence electrons. The number of piperidine rings is 1. The number of nitrogens with zero attached hydrogens (tertiary/aromatic N) is 1. The molecule has 0 bridgehead atoms. The second-order valence-corrected chi connectivity index (χ2v) is 5.71. The van der Waals surface area contributed by atoms with Gasteiger partial charge in [0.2, 0.25) is 0 Å². The number of phenolic OH excluding ortho intramolecular Hbond substituents is 1. The van der Waals surface area contributed by atoms with Crippen molar-refractivity contribution in [2.24, 2.45) is 5.92 Å². The second kappa shape index (κ2) is 8.25. The summed E-state index contributed by atoms with van der Waals surface area (Å²) in [4.78, 5) is 2.51. The van der Waals surface area contributed by atoms with E-state index in [2.05, 4.69) is 17.1 Å². The Balaban J connectivity index is 1.77. The van der Waals surface area contributed by atoms with Gasteiger partial charge < -0.3 is 20.1 Å². The number of hydrogen-bond donors (Lipinski definition) is 2. The van der Waals surface area contributed by atoms with Gasteiger partial charge in [-0.3, -0.25) is 0 Å². The fourth-order valence-electron chi connectivity index (χ4n) is 2.90. The van der Waals surface area contributed by atoms with Crippen LogP contribution in [-0.2, 0) is 6.54 Å². The molecule has 2 rings (SSSR count). The van der Waals surface area contributed by atoms with Crippen molar-refractivity contribution in [2.75, 3.05) is 32.8 Å². The monoisotopic (exact) mass is 292 g/mol. The van der Waals surface area contributed by atoms with Crippen LogP contribution in [0.25, 0.3) is 0 Å². The number of ether oxygens (including phenoxy) is 1. The van der Waals surface area contributed by atoms with Crippen molar-refractivity contribution in [3.05, 3.63) is 23.8 Å². The van der Waals surface area contributed by atoms with Crippen LogP contribution in [0.5, 0.6) is 11.5 Å². The molecular formula is C17H28N2O2. The number of likely N-dealkylation sites (tertiary alicyclic amines) is 1. The number of rotatable bonds is 7. The van der Waals surface area contributed by atoms with E-state index in [9.17, 15) is 5.11 Å². The lowest BCUT2D eigenvalue weighted by molar-refractivity contribution is 0.190. The van der Waals surface area contributed by atoms with Crippen molar-refractivity contribution in [3.8, 4) is 11.5 Å². The normalized spacial score (nSPS) is 17.0. The molecule has 0 aromatic heterocycles. The molecule has 0 amide bonds. The van der Waals surface area contributed by atoms with Gasteiger partial charge in [0.05, 0.1) is 6.61 Å². The fraction of sp³-hybridized carbons (Fsp3) is 0.647. The Morgan fingerprint density at radius 2 is 2.05 bits per heavy atom. The number of aromatic hydroxyl groups is 1. The van der Waals surface area contributed by atoms with Crippen LogP contribution in [-0.4, -0.2) is 42.8 Å². The summed E-state index contributed by atoms with van der Waals surface area (Å²) in [6.45, 7) is 10.0. The van der Waals surface area contributed by atoms with Crippen molar-refractivity contribution in [2.45, 2.75) is 33.2 Å². The van der Waals surface area contributed by atoms with Crippen LogP contribution in [0.15, 0.2) is 18.2 Å². The molecule has 0 aliphatic carbocycles. The molecule has 1 heterocycles. The minimum Gasteiger partial charge on any atom is -0.504 e. The maximum absolute atomic E-state index is 10.2. The quantitative estimate of drug-likeness (QED) is 0.811. The first-order valence-corrected chi connectivity index (χ1v) is 8.11. The maximum Gasteiger partial charge on any atom is 0.162 e. The first kappa shape index (κ1) is 16.1. The summed E-state index contributed by atoms with van der Waals surface area (Å²) in [5, 5.41) is 13.6.